The molecule has 0 unspecified atom stereocenters. The van der Waals surface area contributed by atoms with Gasteiger partial charge in [0, 0.05) is 43.6 Å². The van der Waals surface area contributed by atoms with Crippen molar-refractivity contribution in [1.82, 2.24) is 20.4 Å². The first-order valence-electron chi connectivity index (χ1n) is 8.19. The lowest BCUT2D eigenvalue weighted by Crippen LogP contribution is -2.34. The Morgan fingerprint density at radius 3 is 3.08 bits per heavy atom. The van der Waals surface area contributed by atoms with Crippen molar-refractivity contribution in [3.8, 4) is 0 Å². The zero-order chi connectivity index (χ0) is 16.4. The van der Waals surface area contributed by atoms with E-state index in [0.717, 1.165) is 19.6 Å². The summed E-state index contributed by atoms with van der Waals surface area (Å²) in [6.07, 6.45) is 6.76. The maximum atomic E-state index is 12.1. The monoisotopic (exact) mass is 328 g/mol. The Morgan fingerprint density at radius 2 is 2.29 bits per heavy atom. The second-order valence-corrected chi connectivity index (χ2v) is 6.46. The molecule has 2 aromatic heterocycles. The van der Waals surface area contributed by atoms with E-state index in [1.807, 2.05) is 6.07 Å². The number of hydrogen-bond acceptors (Lipinski definition) is 6. The molecule has 2 aromatic rings. The summed E-state index contributed by atoms with van der Waals surface area (Å²) >= 11 is 0. The van der Waals surface area contributed by atoms with Gasteiger partial charge in [0.25, 0.3) is 5.91 Å². The van der Waals surface area contributed by atoms with Crippen LogP contribution in [0.1, 0.15) is 15.9 Å². The van der Waals surface area contributed by atoms with E-state index in [1.54, 1.807) is 18.6 Å². The van der Waals surface area contributed by atoms with E-state index in [0.29, 0.717) is 30.6 Å². The highest BCUT2D eigenvalue weighted by atomic mass is 16.5. The van der Waals surface area contributed by atoms with E-state index in [4.69, 9.17) is 9.15 Å². The molecule has 0 radical (unpaired) electrons. The molecule has 2 aliphatic rings. The van der Waals surface area contributed by atoms with Crippen LogP contribution in [-0.4, -0.2) is 53.3 Å². The van der Waals surface area contributed by atoms with Crippen LogP contribution < -0.4 is 5.32 Å². The van der Waals surface area contributed by atoms with Gasteiger partial charge in [-0.3, -0.25) is 9.69 Å². The quantitative estimate of drug-likeness (QED) is 0.880. The number of aromatic nitrogens is 2. The molecule has 24 heavy (non-hydrogen) atoms. The van der Waals surface area contributed by atoms with Crippen molar-refractivity contribution in [2.75, 3.05) is 26.2 Å². The fourth-order valence-electron chi connectivity index (χ4n) is 3.61. The number of rotatable bonds is 5. The molecular formula is C17H20N4O3. The Labute approximate surface area is 140 Å². The molecule has 7 heteroatoms. The fourth-order valence-corrected chi connectivity index (χ4v) is 3.61. The Hall–Kier alpha value is -2.25. The number of carbonyl (C=O) groups excluding carboxylic acids is 1. The molecular weight excluding hydrogens is 308 g/mol. The molecule has 3 atom stereocenters. The van der Waals surface area contributed by atoms with E-state index in [1.165, 1.54) is 18.0 Å². The minimum Gasteiger partial charge on any atom is -0.472 e. The van der Waals surface area contributed by atoms with E-state index < -0.39 is 0 Å². The molecule has 4 heterocycles. The second-order valence-electron chi connectivity index (χ2n) is 6.46. The molecule has 0 spiro atoms. The molecule has 1 N–H and O–H groups in total. The number of amides is 1. The van der Waals surface area contributed by atoms with Crippen molar-refractivity contribution in [3.63, 3.8) is 0 Å². The summed E-state index contributed by atoms with van der Waals surface area (Å²) < 4.78 is 11.1. The average molecular weight is 328 g/mol. The van der Waals surface area contributed by atoms with Crippen LogP contribution in [0, 0.1) is 11.8 Å². The van der Waals surface area contributed by atoms with Crippen molar-refractivity contribution >= 4 is 5.91 Å². The van der Waals surface area contributed by atoms with Gasteiger partial charge >= 0.3 is 0 Å². The molecule has 1 amide bonds. The number of hydrogen-bond donors (Lipinski definition) is 1. The molecule has 2 saturated heterocycles. The first-order valence-corrected chi connectivity index (χ1v) is 8.19. The number of ether oxygens (including phenoxy) is 1. The van der Waals surface area contributed by atoms with Gasteiger partial charge in [0.05, 0.1) is 43.2 Å². The van der Waals surface area contributed by atoms with Crippen LogP contribution in [0.25, 0.3) is 0 Å². The Bertz CT molecular complexity index is 676. The number of fused-ring (bicyclic) bond motifs is 1. The molecule has 7 nitrogen and oxygen atoms in total. The number of furan rings is 1. The highest BCUT2D eigenvalue weighted by Crippen LogP contribution is 2.34. The van der Waals surface area contributed by atoms with Gasteiger partial charge in [-0.1, -0.05) is 0 Å². The van der Waals surface area contributed by atoms with Crippen LogP contribution in [0.2, 0.25) is 0 Å². The summed E-state index contributed by atoms with van der Waals surface area (Å²) in [5.74, 6) is 0.706. The van der Waals surface area contributed by atoms with Crippen LogP contribution in [-0.2, 0) is 11.3 Å². The predicted octanol–water partition coefficient (Wildman–Crippen LogP) is 0.946. The van der Waals surface area contributed by atoms with Crippen LogP contribution in [0.15, 0.2) is 41.5 Å². The molecule has 0 aliphatic carbocycles. The summed E-state index contributed by atoms with van der Waals surface area (Å²) in [4.78, 5) is 14.5. The fraction of sp³-hybridized carbons (Fsp3) is 0.471. The van der Waals surface area contributed by atoms with Crippen molar-refractivity contribution < 1.29 is 13.9 Å². The molecule has 2 fully saturated rings. The molecule has 2 aliphatic heterocycles. The van der Waals surface area contributed by atoms with Crippen molar-refractivity contribution in [1.29, 1.82) is 0 Å². The van der Waals surface area contributed by atoms with Crippen LogP contribution in [0.3, 0.4) is 0 Å². The second kappa shape index (κ2) is 6.70. The molecule has 0 bridgehead atoms. The van der Waals surface area contributed by atoms with E-state index in [-0.39, 0.29) is 12.0 Å². The van der Waals surface area contributed by atoms with Gasteiger partial charge < -0.3 is 14.5 Å². The standard InChI is InChI=1S/C17H20N4O3/c22-17(13-1-3-19-20-6-13)18-5-14-11-24-16-9-21(8-15(14)16)7-12-2-4-23-10-12/h1-4,6,10,14-16H,5,7-9,11H2,(H,18,22)/t14-,15+,16+/m1/s1. The van der Waals surface area contributed by atoms with Gasteiger partial charge in [-0.15, -0.1) is 0 Å². The van der Waals surface area contributed by atoms with Gasteiger partial charge in [-0.25, -0.2) is 0 Å². The van der Waals surface area contributed by atoms with Crippen LogP contribution in [0.5, 0.6) is 0 Å². The van der Waals surface area contributed by atoms with Crippen molar-refractivity contribution in [2.24, 2.45) is 11.8 Å². The third kappa shape index (κ3) is 3.18. The Morgan fingerprint density at radius 1 is 1.33 bits per heavy atom. The highest BCUT2D eigenvalue weighted by Gasteiger charge is 2.43. The number of carbonyl (C=O) groups is 1. The van der Waals surface area contributed by atoms with Gasteiger partial charge in [-0.05, 0) is 12.1 Å². The number of nitrogens with one attached hydrogen (secondary N) is 1. The van der Waals surface area contributed by atoms with Gasteiger partial charge in [0.1, 0.15) is 0 Å². The summed E-state index contributed by atoms with van der Waals surface area (Å²) in [5, 5.41) is 10.4. The summed E-state index contributed by atoms with van der Waals surface area (Å²) in [7, 11) is 0. The molecule has 0 aromatic carbocycles. The van der Waals surface area contributed by atoms with E-state index >= 15 is 0 Å². The van der Waals surface area contributed by atoms with Crippen molar-refractivity contribution in [2.45, 2.75) is 12.6 Å². The van der Waals surface area contributed by atoms with Crippen molar-refractivity contribution in [3.05, 3.63) is 48.2 Å². The van der Waals surface area contributed by atoms with Gasteiger partial charge in [0.15, 0.2) is 0 Å². The molecule has 0 saturated carbocycles. The van der Waals surface area contributed by atoms with Gasteiger partial charge in [0.2, 0.25) is 0 Å². The minimum atomic E-state index is -0.110. The minimum absolute atomic E-state index is 0.110. The third-order valence-corrected chi connectivity index (χ3v) is 4.87. The summed E-state index contributed by atoms with van der Waals surface area (Å²) in [6.45, 7) is 4.15. The maximum Gasteiger partial charge on any atom is 0.252 e. The Kier molecular flexibility index (Phi) is 4.27. The summed E-state index contributed by atoms with van der Waals surface area (Å²) in [6, 6.07) is 3.66. The zero-order valence-corrected chi connectivity index (χ0v) is 13.3. The van der Waals surface area contributed by atoms with Gasteiger partial charge in [-0.2, -0.15) is 10.2 Å². The maximum absolute atomic E-state index is 12.1. The number of nitrogens with zero attached hydrogens (tertiary/aromatic N) is 3. The predicted molar refractivity (Wildman–Crippen MR) is 85.1 cm³/mol. The first-order chi connectivity index (χ1) is 11.8. The highest BCUT2D eigenvalue weighted by molar-refractivity contribution is 5.93. The largest absolute Gasteiger partial charge is 0.472 e. The topological polar surface area (TPSA) is 80.5 Å². The lowest BCUT2D eigenvalue weighted by Gasteiger charge is -2.19. The van der Waals surface area contributed by atoms with Crippen LogP contribution in [0.4, 0.5) is 0 Å². The smallest absolute Gasteiger partial charge is 0.252 e. The molecule has 4 rings (SSSR count). The normalized spacial score (nSPS) is 26.4. The average Bonchev–Trinajstić information content (AvgIpc) is 3.32. The SMILES string of the molecule is O=C(NC[C@@H]1CO[C@H]2CN(Cc3ccoc3)C[C@@H]12)c1ccnnc1. The van der Waals surface area contributed by atoms with Crippen LogP contribution >= 0.6 is 0 Å². The molecule has 126 valence electrons. The lowest BCUT2D eigenvalue weighted by atomic mass is 9.93. The number of likely N-dealkylation sites (tertiary alicyclic amines) is 1. The van der Waals surface area contributed by atoms with E-state index in [2.05, 4.69) is 20.4 Å². The summed E-state index contributed by atoms with van der Waals surface area (Å²) in [5.41, 5.74) is 1.72. The Balaban J connectivity index is 1.30. The third-order valence-electron chi connectivity index (χ3n) is 4.87. The van der Waals surface area contributed by atoms with E-state index in [9.17, 15) is 4.79 Å². The lowest BCUT2D eigenvalue weighted by molar-refractivity contribution is 0.0903. The zero-order valence-electron chi connectivity index (χ0n) is 13.3. The first kappa shape index (κ1) is 15.3.